The first-order valence-corrected chi connectivity index (χ1v) is 11.5. The maximum absolute atomic E-state index is 14.8. The van der Waals surface area contributed by atoms with Crippen molar-refractivity contribution in [2.45, 2.75) is 24.8 Å². The fourth-order valence-electron chi connectivity index (χ4n) is 3.72. The lowest BCUT2D eigenvalue weighted by Gasteiger charge is -2.28. The van der Waals surface area contributed by atoms with Crippen molar-refractivity contribution in [1.82, 2.24) is 9.97 Å². The molecular weight excluding hydrogens is 455 g/mol. The third kappa shape index (κ3) is 4.45. The Labute approximate surface area is 200 Å². The molecular formula is C25H21FN4O3S. The van der Waals surface area contributed by atoms with Gasteiger partial charge in [0.1, 0.15) is 28.2 Å². The van der Waals surface area contributed by atoms with Crippen molar-refractivity contribution in [3.8, 4) is 6.07 Å². The topological polar surface area (TPSA) is 111 Å². The summed E-state index contributed by atoms with van der Waals surface area (Å²) in [5.41, 5.74) is 8.40. The van der Waals surface area contributed by atoms with E-state index >= 15 is 0 Å². The maximum Gasteiger partial charge on any atom is 0.338 e. The maximum atomic E-state index is 14.8. The number of nitrogens with two attached hydrogens (primary N) is 1. The number of halogens is 1. The zero-order valence-electron chi connectivity index (χ0n) is 18.5. The molecule has 0 spiro atoms. The molecule has 7 nitrogen and oxygen atoms in total. The number of carbonyl (C=O) groups excluding carboxylic acids is 1. The molecule has 172 valence electrons. The van der Waals surface area contributed by atoms with Gasteiger partial charge in [0.15, 0.2) is 0 Å². The predicted octanol–water partition coefficient (Wildman–Crippen LogP) is 4.49. The zero-order chi connectivity index (χ0) is 24.2. The van der Waals surface area contributed by atoms with E-state index in [0.29, 0.717) is 10.7 Å². The normalized spacial score (nSPS) is 15.8. The first kappa shape index (κ1) is 23.3. The van der Waals surface area contributed by atoms with E-state index in [4.69, 9.17) is 15.2 Å². The summed E-state index contributed by atoms with van der Waals surface area (Å²) < 4.78 is 25.8. The Morgan fingerprint density at radius 3 is 2.56 bits per heavy atom. The van der Waals surface area contributed by atoms with Gasteiger partial charge < -0.3 is 15.2 Å². The molecule has 0 fully saturated rings. The second-order valence-electron chi connectivity index (χ2n) is 7.40. The molecule has 1 atom stereocenters. The molecule has 0 saturated carbocycles. The molecule has 2 heterocycles. The Hall–Kier alpha value is -3.90. The van der Waals surface area contributed by atoms with Crippen molar-refractivity contribution in [2.24, 2.45) is 5.73 Å². The molecule has 4 rings (SSSR count). The van der Waals surface area contributed by atoms with Crippen LogP contribution < -0.4 is 5.73 Å². The number of benzene rings is 2. The number of ether oxygens (including phenoxy) is 2. The fraction of sp³-hybridized carbons (Fsp3) is 0.200. The summed E-state index contributed by atoms with van der Waals surface area (Å²) in [6, 6.07) is 15.4. The van der Waals surface area contributed by atoms with Gasteiger partial charge in [0.05, 0.1) is 40.6 Å². The van der Waals surface area contributed by atoms with Crippen LogP contribution >= 0.6 is 11.8 Å². The Morgan fingerprint density at radius 1 is 1.21 bits per heavy atom. The third-order valence-corrected chi connectivity index (χ3v) is 6.32. The van der Waals surface area contributed by atoms with Gasteiger partial charge in [-0.3, -0.25) is 0 Å². The van der Waals surface area contributed by atoms with Crippen LogP contribution in [0.15, 0.2) is 76.3 Å². The lowest BCUT2D eigenvalue weighted by molar-refractivity contribution is -0.139. The van der Waals surface area contributed by atoms with Gasteiger partial charge in [-0.2, -0.15) is 5.26 Å². The molecule has 0 saturated heterocycles. The predicted molar refractivity (Wildman–Crippen MR) is 126 cm³/mol. The fourth-order valence-corrected chi connectivity index (χ4v) is 4.62. The largest absolute Gasteiger partial charge is 0.463 e. The number of aromatic nitrogens is 2. The minimum absolute atomic E-state index is 0.0385. The van der Waals surface area contributed by atoms with Crippen LogP contribution in [0.1, 0.15) is 24.1 Å². The number of para-hydroxylation sites is 2. The first-order valence-electron chi connectivity index (χ1n) is 10.5. The monoisotopic (exact) mass is 476 g/mol. The van der Waals surface area contributed by atoms with Crippen LogP contribution in [0.4, 0.5) is 4.39 Å². The molecule has 1 unspecified atom stereocenters. The molecule has 0 amide bonds. The molecule has 2 aromatic carbocycles. The molecule has 9 heteroatoms. The van der Waals surface area contributed by atoms with E-state index in [1.54, 1.807) is 13.0 Å². The van der Waals surface area contributed by atoms with Crippen molar-refractivity contribution >= 4 is 28.8 Å². The van der Waals surface area contributed by atoms with E-state index in [-0.39, 0.29) is 40.7 Å². The van der Waals surface area contributed by atoms with Gasteiger partial charge in [-0.15, -0.1) is 0 Å². The molecule has 34 heavy (non-hydrogen) atoms. The molecule has 0 bridgehead atoms. The van der Waals surface area contributed by atoms with Gasteiger partial charge in [-0.1, -0.05) is 42.1 Å². The smallest absolute Gasteiger partial charge is 0.338 e. The highest BCUT2D eigenvalue weighted by molar-refractivity contribution is 7.99. The summed E-state index contributed by atoms with van der Waals surface area (Å²) >= 11 is 1.30. The molecule has 0 radical (unpaired) electrons. The number of esters is 1. The standard InChI is InChI=1S/C25H21FN4O3S/c1-3-32-25(31)22-20(13-34-24-14(2)29-18-10-6-7-11-19(18)30-24)33-23(28)16(12-27)21(22)15-8-4-5-9-17(15)26/h4-11,21H,3,13,28H2,1-2H3. The number of hydrogen-bond acceptors (Lipinski definition) is 8. The van der Waals surface area contributed by atoms with Gasteiger partial charge in [0.25, 0.3) is 0 Å². The Bertz CT molecular complexity index is 1380. The van der Waals surface area contributed by atoms with E-state index in [9.17, 15) is 14.4 Å². The van der Waals surface area contributed by atoms with Crippen LogP contribution in [0.25, 0.3) is 11.0 Å². The number of rotatable bonds is 6. The summed E-state index contributed by atoms with van der Waals surface area (Å²) in [4.78, 5) is 22.3. The van der Waals surface area contributed by atoms with Gasteiger partial charge in [0, 0.05) is 5.56 Å². The number of nitrogens with zero attached hydrogens (tertiary/aromatic N) is 3. The van der Waals surface area contributed by atoms with Crippen molar-refractivity contribution in [2.75, 3.05) is 12.4 Å². The number of aryl methyl sites for hydroxylation is 1. The van der Waals surface area contributed by atoms with Crippen molar-refractivity contribution in [1.29, 1.82) is 5.26 Å². The van der Waals surface area contributed by atoms with Gasteiger partial charge in [-0.25, -0.2) is 19.2 Å². The second-order valence-corrected chi connectivity index (χ2v) is 8.36. The zero-order valence-corrected chi connectivity index (χ0v) is 19.4. The molecule has 2 N–H and O–H groups in total. The Kier molecular flexibility index (Phi) is 6.80. The lowest BCUT2D eigenvalue weighted by atomic mass is 9.83. The Morgan fingerprint density at radius 2 is 1.88 bits per heavy atom. The van der Waals surface area contributed by atoms with Crippen LogP contribution in [0, 0.1) is 24.1 Å². The van der Waals surface area contributed by atoms with Crippen molar-refractivity contribution < 1.29 is 18.7 Å². The van der Waals surface area contributed by atoms with Crippen LogP contribution in [-0.2, 0) is 14.3 Å². The summed E-state index contributed by atoms with van der Waals surface area (Å²) in [6.45, 7) is 3.61. The quantitative estimate of drug-likeness (QED) is 0.409. The second kappa shape index (κ2) is 9.93. The molecule has 0 aliphatic carbocycles. The molecule has 1 aliphatic rings. The van der Waals surface area contributed by atoms with Gasteiger partial charge >= 0.3 is 5.97 Å². The highest BCUT2D eigenvalue weighted by atomic mass is 32.2. The van der Waals surface area contributed by atoms with E-state index in [1.165, 1.54) is 30.0 Å². The van der Waals surface area contributed by atoms with Crippen molar-refractivity contribution in [3.63, 3.8) is 0 Å². The Balaban J connectivity index is 1.79. The summed E-state index contributed by atoms with van der Waals surface area (Å²) in [5.74, 6) is -2.18. The summed E-state index contributed by atoms with van der Waals surface area (Å²) in [7, 11) is 0. The van der Waals surface area contributed by atoms with Crippen LogP contribution in [0.5, 0.6) is 0 Å². The average Bonchev–Trinajstić information content (AvgIpc) is 2.82. The van der Waals surface area contributed by atoms with Gasteiger partial charge in [0.2, 0.25) is 5.88 Å². The summed E-state index contributed by atoms with van der Waals surface area (Å²) in [5, 5.41) is 10.4. The number of allylic oxidation sites excluding steroid dienone is 1. The lowest BCUT2D eigenvalue weighted by Crippen LogP contribution is -2.27. The minimum Gasteiger partial charge on any atom is -0.463 e. The van der Waals surface area contributed by atoms with Gasteiger partial charge in [-0.05, 0) is 32.0 Å². The van der Waals surface area contributed by atoms with Crippen LogP contribution in [0.3, 0.4) is 0 Å². The van der Waals surface area contributed by atoms with E-state index in [1.807, 2.05) is 37.3 Å². The highest BCUT2D eigenvalue weighted by Gasteiger charge is 2.38. The van der Waals surface area contributed by atoms with E-state index in [2.05, 4.69) is 9.97 Å². The third-order valence-electron chi connectivity index (χ3n) is 5.25. The van der Waals surface area contributed by atoms with E-state index < -0.39 is 17.7 Å². The van der Waals surface area contributed by atoms with Crippen LogP contribution in [-0.4, -0.2) is 28.3 Å². The number of hydrogen-bond donors (Lipinski definition) is 1. The molecule has 3 aromatic rings. The average molecular weight is 477 g/mol. The SMILES string of the molecule is CCOC(=O)C1=C(CSc2nc3ccccc3nc2C)OC(N)=C(C#N)C1c1ccccc1F. The number of thioether (sulfide) groups is 1. The van der Waals surface area contributed by atoms with E-state index in [0.717, 1.165) is 11.0 Å². The van der Waals surface area contributed by atoms with Crippen LogP contribution in [0.2, 0.25) is 0 Å². The molecule has 1 aliphatic heterocycles. The number of fused-ring (bicyclic) bond motifs is 1. The highest BCUT2D eigenvalue weighted by Crippen LogP contribution is 2.42. The summed E-state index contributed by atoms with van der Waals surface area (Å²) in [6.07, 6.45) is 0. The first-order chi connectivity index (χ1) is 16.4. The molecule has 1 aromatic heterocycles. The number of nitriles is 1. The van der Waals surface area contributed by atoms with Crippen molar-refractivity contribution in [3.05, 3.63) is 88.4 Å². The minimum atomic E-state index is -1.06. The number of carbonyl (C=O) groups is 1.